The number of carboxylic acids is 1. The van der Waals surface area contributed by atoms with Crippen LogP contribution in [0.1, 0.15) is 40.0 Å². The van der Waals surface area contributed by atoms with E-state index >= 15 is 0 Å². The molecule has 3 atom stereocenters. The Balaban J connectivity index is 4.79. The molecule has 0 aromatic heterocycles. The van der Waals surface area contributed by atoms with Crippen molar-refractivity contribution >= 4 is 23.7 Å². The van der Waals surface area contributed by atoms with Crippen LogP contribution in [0, 0.1) is 11.3 Å². The number of carbonyl (C=O) groups excluding carboxylic acids is 2. The lowest BCUT2D eigenvalue weighted by Gasteiger charge is -2.23. The summed E-state index contributed by atoms with van der Waals surface area (Å²) in [5.41, 5.74) is 10.6. The Hall–Kier alpha value is -2.36. The first-order chi connectivity index (χ1) is 11.5. The monoisotopic (exact) mass is 358 g/mol. The van der Waals surface area contributed by atoms with Crippen molar-refractivity contribution in [2.24, 2.45) is 17.4 Å². The fraction of sp³-hybridized carbons (Fsp3) is 0.733. The Bertz CT molecular complexity index is 481. The predicted octanol–water partition coefficient (Wildman–Crippen LogP) is -1.30. The second-order valence-corrected chi connectivity index (χ2v) is 6.36. The summed E-state index contributed by atoms with van der Waals surface area (Å²) in [5.74, 6) is -2.29. The van der Waals surface area contributed by atoms with Gasteiger partial charge in [-0.05, 0) is 32.1 Å². The fourth-order valence-electron chi connectivity index (χ4n) is 2.07. The smallest absolute Gasteiger partial charge is 0.326 e. The van der Waals surface area contributed by atoms with Gasteiger partial charge in [-0.15, -0.1) is 0 Å². The van der Waals surface area contributed by atoms with E-state index in [2.05, 4.69) is 16.0 Å². The van der Waals surface area contributed by atoms with Crippen molar-refractivity contribution in [1.29, 1.82) is 5.41 Å². The molecule has 0 aliphatic rings. The van der Waals surface area contributed by atoms with Gasteiger partial charge >= 0.3 is 5.97 Å². The van der Waals surface area contributed by atoms with Crippen LogP contribution < -0.4 is 27.4 Å². The largest absolute Gasteiger partial charge is 0.480 e. The minimum Gasteiger partial charge on any atom is -0.480 e. The van der Waals surface area contributed by atoms with Gasteiger partial charge < -0.3 is 32.5 Å². The second-order valence-electron chi connectivity index (χ2n) is 6.36. The number of hydrogen-bond acceptors (Lipinski definition) is 5. The molecule has 0 aliphatic heterocycles. The highest BCUT2D eigenvalue weighted by atomic mass is 16.4. The van der Waals surface area contributed by atoms with Gasteiger partial charge in [-0.1, -0.05) is 13.8 Å². The predicted molar refractivity (Wildman–Crippen MR) is 93.8 cm³/mol. The van der Waals surface area contributed by atoms with Crippen LogP contribution >= 0.6 is 0 Å². The molecular weight excluding hydrogens is 328 g/mol. The fourth-order valence-corrected chi connectivity index (χ4v) is 2.07. The summed E-state index contributed by atoms with van der Waals surface area (Å²) < 4.78 is 0. The molecule has 0 aliphatic carbocycles. The third-order valence-electron chi connectivity index (χ3n) is 3.35. The minimum atomic E-state index is -1.17. The minimum absolute atomic E-state index is 0.118. The van der Waals surface area contributed by atoms with E-state index in [4.69, 9.17) is 16.9 Å². The van der Waals surface area contributed by atoms with Crippen molar-refractivity contribution in [3.8, 4) is 0 Å². The van der Waals surface area contributed by atoms with Gasteiger partial charge in [0.05, 0.1) is 6.04 Å². The third kappa shape index (κ3) is 10.2. The van der Waals surface area contributed by atoms with E-state index in [1.165, 1.54) is 6.92 Å². The summed E-state index contributed by atoms with van der Waals surface area (Å²) in [4.78, 5) is 35.5. The topological polar surface area (TPSA) is 183 Å². The van der Waals surface area contributed by atoms with Crippen molar-refractivity contribution in [2.75, 3.05) is 6.54 Å². The zero-order valence-corrected chi connectivity index (χ0v) is 15.0. The standard InChI is InChI=1S/C15H30N6O4/c1-8(2)7-11(21-12(22)9(3)16)13(23)20-10(14(24)25)5-4-6-19-15(17)18/h8-11H,4-7,16H2,1-3H3,(H,20,23)(H,21,22)(H,24,25)(H4,17,18,19)/t9-,10-,11-/m0/s1. The number of carboxylic acid groups (broad SMARTS) is 1. The summed E-state index contributed by atoms with van der Waals surface area (Å²) in [6.07, 6.45) is 0.928. The highest BCUT2D eigenvalue weighted by Crippen LogP contribution is 2.07. The molecular formula is C15H30N6O4. The number of aliphatic carboxylic acids is 1. The number of carbonyl (C=O) groups is 3. The number of nitrogens with two attached hydrogens (primary N) is 2. The van der Waals surface area contributed by atoms with E-state index < -0.39 is 35.9 Å². The molecule has 10 heteroatoms. The molecule has 0 aromatic rings. The van der Waals surface area contributed by atoms with E-state index in [9.17, 15) is 19.5 Å². The van der Waals surface area contributed by atoms with Crippen LogP contribution in [-0.4, -0.2) is 53.5 Å². The van der Waals surface area contributed by atoms with E-state index in [1.54, 1.807) is 0 Å². The molecule has 0 saturated carbocycles. The maximum atomic E-state index is 12.4. The zero-order chi connectivity index (χ0) is 19.6. The summed E-state index contributed by atoms with van der Waals surface area (Å²) in [5, 5.41) is 23.8. The van der Waals surface area contributed by atoms with E-state index in [0.717, 1.165) is 0 Å². The van der Waals surface area contributed by atoms with Gasteiger partial charge in [-0.3, -0.25) is 15.0 Å². The number of guanidine groups is 1. The van der Waals surface area contributed by atoms with E-state index in [-0.39, 0.29) is 18.3 Å². The Kier molecular flexibility index (Phi) is 10.2. The highest BCUT2D eigenvalue weighted by Gasteiger charge is 2.27. The van der Waals surface area contributed by atoms with E-state index in [0.29, 0.717) is 19.4 Å². The van der Waals surface area contributed by atoms with Crippen LogP contribution in [0.5, 0.6) is 0 Å². The van der Waals surface area contributed by atoms with Crippen LogP contribution in [0.4, 0.5) is 0 Å². The number of hydrogen-bond donors (Lipinski definition) is 7. The van der Waals surface area contributed by atoms with Gasteiger partial charge in [0.1, 0.15) is 12.1 Å². The summed E-state index contributed by atoms with van der Waals surface area (Å²) in [6, 6.07) is -2.71. The van der Waals surface area contributed by atoms with Crippen LogP contribution in [-0.2, 0) is 14.4 Å². The first-order valence-corrected chi connectivity index (χ1v) is 8.21. The molecule has 0 rings (SSSR count). The quantitative estimate of drug-likeness (QED) is 0.136. The molecule has 0 radical (unpaired) electrons. The number of rotatable bonds is 11. The van der Waals surface area contributed by atoms with Crippen molar-refractivity contribution in [3.63, 3.8) is 0 Å². The summed E-state index contributed by atoms with van der Waals surface area (Å²) >= 11 is 0. The van der Waals surface area contributed by atoms with Crippen LogP contribution in [0.15, 0.2) is 0 Å². The van der Waals surface area contributed by atoms with Crippen LogP contribution in [0.25, 0.3) is 0 Å². The molecule has 25 heavy (non-hydrogen) atoms. The highest BCUT2D eigenvalue weighted by molar-refractivity contribution is 5.91. The molecule has 0 bridgehead atoms. The van der Waals surface area contributed by atoms with Gasteiger partial charge in [-0.25, -0.2) is 4.79 Å². The lowest BCUT2D eigenvalue weighted by Crippen LogP contribution is -2.54. The van der Waals surface area contributed by atoms with Crippen molar-refractivity contribution in [2.45, 2.75) is 58.2 Å². The maximum Gasteiger partial charge on any atom is 0.326 e. The van der Waals surface area contributed by atoms with Crippen molar-refractivity contribution in [3.05, 3.63) is 0 Å². The average molecular weight is 358 g/mol. The lowest BCUT2D eigenvalue weighted by molar-refractivity contribution is -0.142. The normalized spacial score (nSPS) is 14.3. The molecule has 2 amide bonds. The first kappa shape index (κ1) is 22.6. The molecule has 0 aromatic carbocycles. The number of nitrogens with one attached hydrogen (secondary N) is 4. The molecule has 144 valence electrons. The van der Waals surface area contributed by atoms with Crippen LogP contribution in [0.2, 0.25) is 0 Å². The molecule has 0 unspecified atom stereocenters. The molecule has 10 nitrogen and oxygen atoms in total. The van der Waals surface area contributed by atoms with Crippen molar-refractivity contribution in [1.82, 2.24) is 16.0 Å². The number of amides is 2. The lowest BCUT2D eigenvalue weighted by atomic mass is 10.0. The van der Waals surface area contributed by atoms with Crippen molar-refractivity contribution < 1.29 is 19.5 Å². The summed E-state index contributed by atoms with van der Waals surface area (Å²) in [7, 11) is 0. The first-order valence-electron chi connectivity index (χ1n) is 8.21. The zero-order valence-electron chi connectivity index (χ0n) is 15.0. The Morgan fingerprint density at radius 2 is 1.64 bits per heavy atom. The maximum absolute atomic E-state index is 12.4. The molecule has 0 fully saturated rings. The molecule has 0 heterocycles. The van der Waals surface area contributed by atoms with E-state index in [1.807, 2.05) is 13.8 Å². The Morgan fingerprint density at radius 3 is 2.08 bits per heavy atom. The Morgan fingerprint density at radius 1 is 1.08 bits per heavy atom. The van der Waals surface area contributed by atoms with Crippen LogP contribution in [0.3, 0.4) is 0 Å². The van der Waals surface area contributed by atoms with Gasteiger partial charge in [0.2, 0.25) is 11.8 Å². The molecule has 0 saturated heterocycles. The van der Waals surface area contributed by atoms with Gasteiger partial charge in [0.15, 0.2) is 5.96 Å². The van der Waals surface area contributed by atoms with Gasteiger partial charge in [0, 0.05) is 6.54 Å². The average Bonchev–Trinajstić information content (AvgIpc) is 2.48. The Labute approximate surface area is 147 Å². The SMILES string of the molecule is CC(C)C[C@H](NC(=O)[C@H](C)N)C(=O)N[C@@H](CCCNC(=N)N)C(=O)O. The second kappa shape index (κ2) is 11.2. The van der Waals surface area contributed by atoms with Gasteiger partial charge in [-0.2, -0.15) is 0 Å². The van der Waals surface area contributed by atoms with Gasteiger partial charge in [0.25, 0.3) is 0 Å². The third-order valence-corrected chi connectivity index (χ3v) is 3.35. The molecule has 0 spiro atoms. The summed E-state index contributed by atoms with van der Waals surface area (Å²) in [6.45, 7) is 5.61. The molecule has 9 N–H and O–H groups in total.